The van der Waals surface area contributed by atoms with E-state index < -0.39 is 0 Å². The lowest BCUT2D eigenvalue weighted by Crippen LogP contribution is -2.06. The Hall–Kier alpha value is -2.03. The highest BCUT2D eigenvalue weighted by Gasteiger charge is 2.13. The summed E-state index contributed by atoms with van der Waals surface area (Å²) in [5.41, 5.74) is 2.16. The fourth-order valence-corrected chi connectivity index (χ4v) is 1.65. The first-order valence-corrected chi connectivity index (χ1v) is 5.32. The van der Waals surface area contributed by atoms with Crippen LogP contribution in [0.15, 0.2) is 36.5 Å². The largest absolute Gasteiger partial charge is 0.287 e. The molecule has 0 saturated heterocycles. The van der Waals surface area contributed by atoms with Crippen LogP contribution >= 0.6 is 0 Å². The van der Waals surface area contributed by atoms with Crippen molar-refractivity contribution in [2.24, 2.45) is 0 Å². The van der Waals surface area contributed by atoms with E-state index in [0.29, 0.717) is 16.8 Å². The number of hydrogen-bond acceptors (Lipinski definition) is 2. The lowest BCUT2D eigenvalue weighted by molar-refractivity contribution is 0.103. The van der Waals surface area contributed by atoms with E-state index in [4.69, 9.17) is 0 Å². The number of hydrogen-bond donors (Lipinski definition) is 0. The summed E-state index contributed by atoms with van der Waals surface area (Å²) in [5.74, 6) is -0.481. The van der Waals surface area contributed by atoms with Gasteiger partial charge in [0.1, 0.15) is 11.5 Å². The first-order chi connectivity index (χ1) is 8.09. The van der Waals surface area contributed by atoms with E-state index in [-0.39, 0.29) is 11.6 Å². The standard InChI is InChI=1S/C14H12FNO/c1-9-4-3-7-16-13(9)14(17)11-5-6-12(15)10(2)8-11/h3-8H,1-2H3. The zero-order chi connectivity index (χ0) is 12.4. The Morgan fingerprint density at radius 2 is 1.94 bits per heavy atom. The molecule has 1 heterocycles. The maximum absolute atomic E-state index is 13.1. The molecule has 0 aliphatic carbocycles. The summed E-state index contributed by atoms with van der Waals surface area (Å²) in [7, 11) is 0. The second-order valence-corrected chi connectivity index (χ2v) is 3.96. The molecule has 0 unspecified atom stereocenters. The van der Waals surface area contributed by atoms with Crippen molar-refractivity contribution >= 4 is 5.78 Å². The van der Waals surface area contributed by atoms with Crippen molar-refractivity contribution in [1.82, 2.24) is 4.98 Å². The Morgan fingerprint density at radius 1 is 1.18 bits per heavy atom. The number of halogens is 1. The summed E-state index contributed by atoms with van der Waals surface area (Å²) in [6.45, 7) is 3.47. The second kappa shape index (κ2) is 4.45. The van der Waals surface area contributed by atoms with Crippen LogP contribution in [0.5, 0.6) is 0 Å². The highest BCUT2D eigenvalue weighted by Crippen LogP contribution is 2.14. The van der Waals surface area contributed by atoms with Gasteiger partial charge in [-0.3, -0.25) is 9.78 Å². The van der Waals surface area contributed by atoms with Crippen molar-refractivity contribution in [2.45, 2.75) is 13.8 Å². The predicted octanol–water partition coefficient (Wildman–Crippen LogP) is 3.07. The SMILES string of the molecule is Cc1cc(C(=O)c2ncccc2C)ccc1F. The first kappa shape index (κ1) is 11.5. The molecule has 0 saturated carbocycles. The summed E-state index contributed by atoms with van der Waals surface area (Å²) in [4.78, 5) is 16.2. The average Bonchev–Trinajstić information content (AvgIpc) is 2.32. The minimum Gasteiger partial charge on any atom is -0.287 e. The van der Waals surface area contributed by atoms with Crippen molar-refractivity contribution in [3.8, 4) is 0 Å². The molecule has 2 nitrogen and oxygen atoms in total. The van der Waals surface area contributed by atoms with Gasteiger partial charge in [0.25, 0.3) is 0 Å². The van der Waals surface area contributed by atoms with E-state index in [2.05, 4.69) is 4.98 Å². The molecule has 2 aromatic rings. The van der Waals surface area contributed by atoms with Crippen molar-refractivity contribution in [1.29, 1.82) is 0 Å². The quantitative estimate of drug-likeness (QED) is 0.741. The van der Waals surface area contributed by atoms with Crippen molar-refractivity contribution in [3.05, 3.63) is 64.7 Å². The van der Waals surface area contributed by atoms with Crippen LogP contribution < -0.4 is 0 Å². The molecule has 0 aliphatic heterocycles. The number of carbonyl (C=O) groups excluding carboxylic acids is 1. The van der Waals surface area contributed by atoms with E-state index in [9.17, 15) is 9.18 Å². The summed E-state index contributed by atoms with van der Waals surface area (Å²) in [6.07, 6.45) is 1.58. The fourth-order valence-electron chi connectivity index (χ4n) is 1.65. The molecular weight excluding hydrogens is 217 g/mol. The first-order valence-electron chi connectivity index (χ1n) is 5.32. The van der Waals surface area contributed by atoms with Gasteiger partial charge in [-0.05, 0) is 49.2 Å². The van der Waals surface area contributed by atoms with Crippen LogP contribution in [0.4, 0.5) is 4.39 Å². The maximum Gasteiger partial charge on any atom is 0.211 e. The van der Waals surface area contributed by atoms with Gasteiger partial charge in [-0.1, -0.05) is 6.07 Å². The van der Waals surface area contributed by atoms with Gasteiger partial charge in [-0.25, -0.2) is 4.39 Å². The minimum absolute atomic E-state index is 0.175. The molecule has 0 spiro atoms. The predicted molar refractivity (Wildman–Crippen MR) is 63.5 cm³/mol. The van der Waals surface area contributed by atoms with Crippen LogP contribution in [0.1, 0.15) is 27.2 Å². The van der Waals surface area contributed by atoms with Gasteiger partial charge >= 0.3 is 0 Å². The van der Waals surface area contributed by atoms with Gasteiger partial charge in [0.2, 0.25) is 5.78 Å². The molecule has 0 N–H and O–H groups in total. The van der Waals surface area contributed by atoms with E-state index in [1.807, 2.05) is 13.0 Å². The number of pyridine rings is 1. The fraction of sp³-hybridized carbons (Fsp3) is 0.143. The van der Waals surface area contributed by atoms with Crippen LogP contribution in [-0.2, 0) is 0 Å². The normalized spacial score (nSPS) is 10.3. The number of aromatic nitrogens is 1. The van der Waals surface area contributed by atoms with E-state index in [1.54, 1.807) is 25.3 Å². The Morgan fingerprint density at radius 3 is 2.59 bits per heavy atom. The van der Waals surface area contributed by atoms with Gasteiger partial charge in [-0.15, -0.1) is 0 Å². The van der Waals surface area contributed by atoms with Gasteiger partial charge in [-0.2, -0.15) is 0 Å². The Labute approximate surface area is 99.1 Å². The zero-order valence-corrected chi connectivity index (χ0v) is 9.70. The zero-order valence-electron chi connectivity index (χ0n) is 9.70. The van der Waals surface area contributed by atoms with Crippen molar-refractivity contribution in [2.75, 3.05) is 0 Å². The minimum atomic E-state index is -0.306. The molecule has 0 atom stereocenters. The second-order valence-electron chi connectivity index (χ2n) is 3.96. The monoisotopic (exact) mass is 229 g/mol. The highest BCUT2D eigenvalue weighted by atomic mass is 19.1. The van der Waals surface area contributed by atoms with Crippen LogP contribution in [0, 0.1) is 19.7 Å². The Bertz CT molecular complexity index is 578. The van der Waals surface area contributed by atoms with Gasteiger partial charge in [0.05, 0.1) is 0 Å². The average molecular weight is 229 g/mol. The molecule has 17 heavy (non-hydrogen) atoms. The molecule has 0 fully saturated rings. The number of ketones is 1. The van der Waals surface area contributed by atoms with Crippen LogP contribution in [0.25, 0.3) is 0 Å². The van der Waals surface area contributed by atoms with Gasteiger partial charge in [0.15, 0.2) is 0 Å². The summed E-state index contributed by atoms with van der Waals surface area (Å²) >= 11 is 0. The summed E-state index contributed by atoms with van der Waals surface area (Å²) in [5, 5.41) is 0. The highest BCUT2D eigenvalue weighted by molar-refractivity contribution is 6.08. The molecule has 0 aliphatic rings. The van der Waals surface area contributed by atoms with Crippen molar-refractivity contribution in [3.63, 3.8) is 0 Å². The lowest BCUT2D eigenvalue weighted by Gasteiger charge is -2.04. The topological polar surface area (TPSA) is 30.0 Å². The van der Waals surface area contributed by atoms with Crippen LogP contribution in [0.3, 0.4) is 0 Å². The van der Waals surface area contributed by atoms with Crippen molar-refractivity contribution < 1.29 is 9.18 Å². The maximum atomic E-state index is 13.1. The Kier molecular flexibility index (Phi) is 3.00. The number of carbonyl (C=O) groups is 1. The number of aryl methyl sites for hydroxylation is 2. The Balaban J connectivity index is 2.44. The third-order valence-electron chi connectivity index (χ3n) is 2.64. The smallest absolute Gasteiger partial charge is 0.211 e. The summed E-state index contributed by atoms with van der Waals surface area (Å²) < 4.78 is 13.1. The third kappa shape index (κ3) is 2.23. The summed E-state index contributed by atoms with van der Waals surface area (Å²) in [6, 6.07) is 7.95. The van der Waals surface area contributed by atoms with Gasteiger partial charge < -0.3 is 0 Å². The third-order valence-corrected chi connectivity index (χ3v) is 2.64. The number of rotatable bonds is 2. The molecular formula is C14H12FNO. The molecule has 86 valence electrons. The molecule has 3 heteroatoms. The van der Waals surface area contributed by atoms with E-state index in [0.717, 1.165) is 5.56 Å². The number of nitrogens with zero attached hydrogens (tertiary/aromatic N) is 1. The van der Waals surface area contributed by atoms with Crippen LogP contribution in [-0.4, -0.2) is 10.8 Å². The molecule has 0 bridgehead atoms. The van der Waals surface area contributed by atoms with E-state index in [1.165, 1.54) is 12.1 Å². The molecule has 2 rings (SSSR count). The lowest BCUT2D eigenvalue weighted by atomic mass is 10.0. The van der Waals surface area contributed by atoms with E-state index >= 15 is 0 Å². The molecule has 1 aromatic carbocycles. The van der Waals surface area contributed by atoms with Crippen LogP contribution in [0.2, 0.25) is 0 Å². The molecule has 1 aromatic heterocycles. The number of benzene rings is 1. The molecule has 0 amide bonds. The van der Waals surface area contributed by atoms with Gasteiger partial charge in [0, 0.05) is 11.8 Å². The molecule has 0 radical (unpaired) electrons.